The number of benzene rings is 1. The van der Waals surface area contributed by atoms with E-state index < -0.39 is 0 Å². The van der Waals surface area contributed by atoms with E-state index in [4.69, 9.17) is 15.2 Å². The number of carbonyl (C=O) groups excluding carboxylic acids is 1. The molecule has 0 aliphatic heterocycles. The van der Waals surface area contributed by atoms with Gasteiger partial charge in [0.15, 0.2) is 6.61 Å². The molecule has 1 rings (SSSR count). The van der Waals surface area contributed by atoms with Crippen LogP contribution in [-0.4, -0.2) is 25.2 Å². The maximum Gasteiger partial charge on any atom is 0.344 e. The van der Waals surface area contributed by atoms with Crippen LogP contribution in [0.2, 0.25) is 0 Å². The fourth-order valence-corrected chi connectivity index (χ4v) is 1.44. The molecule has 0 amide bonds. The highest BCUT2D eigenvalue weighted by molar-refractivity contribution is 5.71. The molecular weight excluding hydrogens is 218 g/mol. The molecule has 2 N–H and O–H groups in total. The molecule has 0 aromatic heterocycles. The summed E-state index contributed by atoms with van der Waals surface area (Å²) in [6.45, 7) is 4.04. The van der Waals surface area contributed by atoms with Gasteiger partial charge >= 0.3 is 5.97 Å². The molecule has 0 fully saturated rings. The summed E-state index contributed by atoms with van der Waals surface area (Å²) >= 11 is 0. The van der Waals surface area contributed by atoms with E-state index in [9.17, 15) is 4.79 Å². The molecule has 0 heterocycles. The summed E-state index contributed by atoms with van der Waals surface area (Å²) in [6.07, 6.45) is 0.832. The summed E-state index contributed by atoms with van der Waals surface area (Å²) in [4.78, 5) is 11.1. The fraction of sp³-hybridized carbons (Fsp3) is 0.462. The fourth-order valence-electron chi connectivity index (χ4n) is 1.44. The third-order valence-corrected chi connectivity index (χ3v) is 2.14. The van der Waals surface area contributed by atoms with Crippen LogP contribution in [0.3, 0.4) is 0 Å². The Kier molecular flexibility index (Phi) is 5.49. The van der Waals surface area contributed by atoms with Crippen molar-refractivity contribution >= 4 is 5.97 Å². The van der Waals surface area contributed by atoms with E-state index in [0.29, 0.717) is 12.4 Å². The van der Waals surface area contributed by atoms with Crippen molar-refractivity contribution in [3.05, 3.63) is 29.8 Å². The van der Waals surface area contributed by atoms with E-state index in [1.165, 1.54) is 0 Å². The van der Waals surface area contributed by atoms with Crippen LogP contribution in [0.25, 0.3) is 0 Å². The molecule has 0 aliphatic rings. The first kappa shape index (κ1) is 13.5. The highest BCUT2D eigenvalue weighted by Gasteiger charge is 2.03. The second kappa shape index (κ2) is 6.91. The van der Waals surface area contributed by atoms with Crippen molar-refractivity contribution in [3.8, 4) is 5.75 Å². The van der Waals surface area contributed by atoms with Gasteiger partial charge in [0.2, 0.25) is 0 Å². The Morgan fingerprint density at radius 2 is 2.00 bits per heavy atom. The van der Waals surface area contributed by atoms with E-state index in [-0.39, 0.29) is 18.6 Å². The smallest absolute Gasteiger partial charge is 0.344 e. The maximum atomic E-state index is 11.1. The molecular formula is C13H19NO3. The lowest BCUT2D eigenvalue weighted by molar-refractivity contribution is -0.145. The van der Waals surface area contributed by atoms with Crippen LogP contribution in [0.5, 0.6) is 5.75 Å². The van der Waals surface area contributed by atoms with Gasteiger partial charge in [0.05, 0.1) is 6.61 Å². The van der Waals surface area contributed by atoms with Crippen LogP contribution in [0.1, 0.15) is 19.4 Å². The molecule has 1 unspecified atom stereocenters. The molecule has 94 valence electrons. The Morgan fingerprint density at radius 1 is 1.35 bits per heavy atom. The lowest BCUT2D eigenvalue weighted by Gasteiger charge is -2.08. The normalized spacial score (nSPS) is 11.9. The number of nitrogens with two attached hydrogens (primary N) is 1. The van der Waals surface area contributed by atoms with Gasteiger partial charge in [-0.05, 0) is 38.0 Å². The summed E-state index contributed by atoms with van der Waals surface area (Å²) < 4.78 is 10.0. The van der Waals surface area contributed by atoms with Crippen LogP contribution in [0, 0.1) is 0 Å². The molecule has 4 heteroatoms. The van der Waals surface area contributed by atoms with Crippen molar-refractivity contribution in [1.29, 1.82) is 0 Å². The Hall–Kier alpha value is -1.55. The summed E-state index contributed by atoms with van der Waals surface area (Å²) in [6, 6.07) is 7.70. The van der Waals surface area contributed by atoms with E-state index in [0.717, 1.165) is 12.0 Å². The van der Waals surface area contributed by atoms with E-state index in [2.05, 4.69) is 0 Å². The van der Waals surface area contributed by atoms with Crippen molar-refractivity contribution < 1.29 is 14.3 Å². The number of ether oxygens (including phenoxy) is 2. The van der Waals surface area contributed by atoms with Gasteiger partial charge in [-0.25, -0.2) is 4.79 Å². The molecule has 1 aromatic carbocycles. The minimum Gasteiger partial charge on any atom is -0.482 e. The van der Waals surface area contributed by atoms with Crippen LogP contribution < -0.4 is 10.5 Å². The second-order valence-corrected chi connectivity index (χ2v) is 3.92. The monoisotopic (exact) mass is 237 g/mol. The van der Waals surface area contributed by atoms with E-state index in [1.54, 1.807) is 6.92 Å². The summed E-state index contributed by atoms with van der Waals surface area (Å²) in [5.74, 6) is 0.304. The number of esters is 1. The first-order valence-electron chi connectivity index (χ1n) is 5.74. The minimum atomic E-state index is -0.354. The Balaban J connectivity index is 2.42. The van der Waals surface area contributed by atoms with Crippen LogP contribution in [0.15, 0.2) is 24.3 Å². The van der Waals surface area contributed by atoms with Crippen molar-refractivity contribution in [1.82, 2.24) is 0 Å². The highest BCUT2D eigenvalue weighted by Crippen LogP contribution is 2.13. The van der Waals surface area contributed by atoms with Gasteiger partial charge in [-0.3, -0.25) is 0 Å². The zero-order valence-corrected chi connectivity index (χ0v) is 10.3. The predicted octanol–water partition coefficient (Wildman–Crippen LogP) is 1.52. The largest absolute Gasteiger partial charge is 0.482 e. The molecule has 0 radical (unpaired) electrons. The van der Waals surface area contributed by atoms with Gasteiger partial charge in [-0.15, -0.1) is 0 Å². The third-order valence-electron chi connectivity index (χ3n) is 2.14. The lowest BCUT2D eigenvalue weighted by atomic mass is 10.1. The van der Waals surface area contributed by atoms with Gasteiger partial charge in [-0.2, -0.15) is 0 Å². The number of hydrogen-bond acceptors (Lipinski definition) is 4. The standard InChI is InChI=1S/C13H19NO3/c1-3-16-13(15)9-17-12-6-4-11(5-7-12)8-10(2)14/h4-7,10H,3,8-9,14H2,1-2H3. The third kappa shape index (κ3) is 5.36. The van der Waals surface area contributed by atoms with Gasteiger partial charge in [0, 0.05) is 6.04 Å². The number of rotatable bonds is 6. The number of carbonyl (C=O) groups is 1. The molecule has 0 saturated carbocycles. The molecule has 0 spiro atoms. The molecule has 1 aromatic rings. The second-order valence-electron chi connectivity index (χ2n) is 3.92. The Morgan fingerprint density at radius 3 is 2.53 bits per heavy atom. The number of hydrogen-bond donors (Lipinski definition) is 1. The molecule has 0 aliphatic carbocycles. The molecule has 4 nitrogen and oxygen atoms in total. The van der Waals surface area contributed by atoms with E-state index in [1.807, 2.05) is 31.2 Å². The molecule has 0 saturated heterocycles. The van der Waals surface area contributed by atoms with Crippen molar-refractivity contribution in [3.63, 3.8) is 0 Å². The van der Waals surface area contributed by atoms with E-state index >= 15 is 0 Å². The maximum absolute atomic E-state index is 11.1. The minimum absolute atomic E-state index is 0.0551. The van der Waals surface area contributed by atoms with Crippen LogP contribution in [-0.2, 0) is 16.0 Å². The quantitative estimate of drug-likeness (QED) is 0.762. The van der Waals surface area contributed by atoms with Gasteiger partial charge in [-0.1, -0.05) is 12.1 Å². The summed E-state index contributed by atoms with van der Waals surface area (Å²) in [5.41, 5.74) is 6.86. The first-order valence-corrected chi connectivity index (χ1v) is 5.74. The van der Waals surface area contributed by atoms with Crippen LogP contribution in [0.4, 0.5) is 0 Å². The summed E-state index contributed by atoms with van der Waals surface area (Å²) in [5, 5.41) is 0. The van der Waals surface area contributed by atoms with Crippen LogP contribution >= 0.6 is 0 Å². The topological polar surface area (TPSA) is 61.5 Å². The zero-order chi connectivity index (χ0) is 12.7. The van der Waals surface area contributed by atoms with Gasteiger partial charge in [0.1, 0.15) is 5.75 Å². The van der Waals surface area contributed by atoms with Gasteiger partial charge < -0.3 is 15.2 Å². The first-order chi connectivity index (χ1) is 8.11. The molecule has 1 atom stereocenters. The van der Waals surface area contributed by atoms with Crippen molar-refractivity contribution in [2.75, 3.05) is 13.2 Å². The summed E-state index contributed by atoms with van der Waals surface area (Å²) in [7, 11) is 0. The highest BCUT2D eigenvalue weighted by atomic mass is 16.6. The van der Waals surface area contributed by atoms with Gasteiger partial charge in [0.25, 0.3) is 0 Å². The predicted molar refractivity (Wildman–Crippen MR) is 65.9 cm³/mol. The Labute approximate surface area is 102 Å². The average Bonchev–Trinajstić information content (AvgIpc) is 2.28. The zero-order valence-electron chi connectivity index (χ0n) is 10.3. The SMILES string of the molecule is CCOC(=O)COc1ccc(CC(C)N)cc1. The van der Waals surface area contributed by atoms with Crippen molar-refractivity contribution in [2.45, 2.75) is 26.3 Å². The Bertz CT molecular complexity index is 346. The molecule has 0 bridgehead atoms. The van der Waals surface area contributed by atoms with Crippen molar-refractivity contribution in [2.24, 2.45) is 5.73 Å². The lowest BCUT2D eigenvalue weighted by Crippen LogP contribution is -2.17. The molecule has 17 heavy (non-hydrogen) atoms. The average molecular weight is 237 g/mol.